The fraction of sp³-hybridized carbons (Fsp3) is 0.333. The first-order chi connectivity index (χ1) is 16.7. The molecule has 35 heavy (non-hydrogen) atoms. The van der Waals surface area contributed by atoms with Crippen molar-refractivity contribution in [1.82, 2.24) is 14.7 Å². The zero-order valence-electron chi connectivity index (χ0n) is 19.0. The molecule has 11 heteroatoms. The van der Waals surface area contributed by atoms with E-state index in [2.05, 4.69) is 10.00 Å². The van der Waals surface area contributed by atoms with Crippen LogP contribution >= 0.6 is 23.2 Å². The fourth-order valence-electron chi connectivity index (χ4n) is 4.36. The molecule has 1 aromatic heterocycles. The molecule has 4 rings (SSSR count). The summed E-state index contributed by atoms with van der Waals surface area (Å²) in [4.78, 5) is 16.0. The van der Waals surface area contributed by atoms with E-state index in [0.717, 1.165) is 5.69 Å². The molecule has 0 bridgehead atoms. The van der Waals surface area contributed by atoms with Gasteiger partial charge in [0.25, 0.3) is 0 Å². The summed E-state index contributed by atoms with van der Waals surface area (Å²) in [5.74, 6) is 0.527. The number of carbonyl (C=O) groups is 1. The molecule has 2 heterocycles. The molecule has 1 fully saturated rings. The molecule has 6 nitrogen and oxygen atoms in total. The summed E-state index contributed by atoms with van der Waals surface area (Å²) in [5.41, 5.74) is 0.129. The summed E-state index contributed by atoms with van der Waals surface area (Å²) in [5, 5.41) is 4.13. The van der Waals surface area contributed by atoms with Crippen molar-refractivity contribution in [3.63, 3.8) is 0 Å². The second-order valence-electron chi connectivity index (χ2n) is 8.22. The standard InChI is InChI=1S/C24H23Cl2F3N4O2/c1-15-13-31(17-8-9-18(25)19(12-17)35-2)10-11-32(15)20(14-34)33-23(24(27,28)29)21(26)22(30-33)16-6-4-3-5-7-16/h3-9,12,14-15,20H,10-11,13H2,1-2H3. The van der Waals surface area contributed by atoms with Gasteiger partial charge in [-0.2, -0.15) is 18.3 Å². The second-order valence-corrected chi connectivity index (χ2v) is 9.01. The lowest BCUT2D eigenvalue weighted by molar-refractivity contribution is -0.147. The smallest absolute Gasteiger partial charge is 0.434 e. The van der Waals surface area contributed by atoms with Crippen molar-refractivity contribution in [2.75, 3.05) is 31.6 Å². The quantitative estimate of drug-likeness (QED) is 0.380. The van der Waals surface area contributed by atoms with Gasteiger partial charge < -0.3 is 9.64 Å². The monoisotopic (exact) mass is 526 g/mol. The molecule has 1 aliphatic heterocycles. The van der Waals surface area contributed by atoms with Crippen LogP contribution < -0.4 is 9.64 Å². The average Bonchev–Trinajstić information content (AvgIpc) is 3.18. The Morgan fingerprint density at radius 3 is 2.46 bits per heavy atom. The summed E-state index contributed by atoms with van der Waals surface area (Å²) in [6.45, 7) is 3.12. The number of nitrogens with zero attached hydrogens (tertiary/aromatic N) is 4. The lowest BCUT2D eigenvalue weighted by Gasteiger charge is -2.43. The minimum absolute atomic E-state index is 0.0222. The molecule has 1 saturated heterocycles. The third-order valence-corrected chi connectivity index (χ3v) is 6.73. The summed E-state index contributed by atoms with van der Waals surface area (Å²) in [7, 11) is 1.53. The van der Waals surface area contributed by atoms with Gasteiger partial charge in [-0.15, -0.1) is 0 Å². The normalized spacial score (nSPS) is 17.9. The van der Waals surface area contributed by atoms with Crippen LogP contribution in [-0.4, -0.2) is 53.8 Å². The molecule has 0 spiro atoms. The van der Waals surface area contributed by atoms with E-state index in [1.807, 2.05) is 19.1 Å². The Kier molecular flexibility index (Phi) is 7.30. The van der Waals surface area contributed by atoms with Crippen molar-refractivity contribution in [1.29, 1.82) is 0 Å². The number of rotatable bonds is 6. The van der Waals surface area contributed by atoms with E-state index in [-0.39, 0.29) is 11.7 Å². The van der Waals surface area contributed by atoms with Gasteiger partial charge in [-0.25, -0.2) is 4.68 Å². The predicted octanol–water partition coefficient (Wildman–Crippen LogP) is 5.79. The van der Waals surface area contributed by atoms with Gasteiger partial charge in [-0.1, -0.05) is 53.5 Å². The SMILES string of the molecule is COc1cc(N2CCN(C(C=O)n3nc(-c4ccccc4)c(Cl)c3C(F)(F)F)C(C)C2)ccc1Cl. The summed E-state index contributed by atoms with van der Waals surface area (Å²) in [6, 6.07) is 13.5. The van der Waals surface area contributed by atoms with Crippen molar-refractivity contribution >= 4 is 35.2 Å². The third kappa shape index (κ3) is 4.98. The number of aldehydes is 1. The highest BCUT2D eigenvalue weighted by Gasteiger charge is 2.43. The average molecular weight is 527 g/mol. The van der Waals surface area contributed by atoms with Gasteiger partial charge in [0.1, 0.15) is 11.4 Å². The molecular formula is C24H23Cl2F3N4O2. The number of methoxy groups -OCH3 is 1. The number of halogens is 5. The molecule has 3 aromatic rings. The van der Waals surface area contributed by atoms with Crippen LogP contribution in [0.4, 0.5) is 18.9 Å². The van der Waals surface area contributed by atoms with Crippen LogP contribution in [0.1, 0.15) is 18.8 Å². The van der Waals surface area contributed by atoms with Crippen LogP contribution in [0.3, 0.4) is 0 Å². The molecule has 2 atom stereocenters. The van der Waals surface area contributed by atoms with Gasteiger partial charge in [0.2, 0.25) is 0 Å². The van der Waals surface area contributed by atoms with Crippen LogP contribution in [0, 0.1) is 0 Å². The van der Waals surface area contributed by atoms with Crippen LogP contribution in [0.25, 0.3) is 11.3 Å². The number of benzene rings is 2. The number of ether oxygens (including phenoxy) is 1. The third-order valence-electron chi connectivity index (χ3n) is 6.06. The van der Waals surface area contributed by atoms with Crippen molar-refractivity contribution < 1.29 is 22.7 Å². The number of hydrogen-bond donors (Lipinski definition) is 0. The van der Waals surface area contributed by atoms with E-state index >= 15 is 0 Å². The molecule has 0 saturated carbocycles. The van der Waals surface area contributed by atoms with Crippen molar-refractivity contribution in [2.24, 2.45) is 0 Å². The molecule has 2 aromatic carbocycles. The molecular weight excluding hydrogens is 504 g/mol. The Balaban J connectivity index is 1.66. The first-order valence-electron chi connectivity index (χ1n) is 10.9. The zero-order valence-corrected chi connectivity index (χ0v) is 20.5. The molecule has 0 amide bonds. The van der Waals surface area contributed by atoms with E-state index in [4.69, 9.17) is 27.9 Å². The summed E-state index contributed by atoms with van der Waals surface area (Å²) >= 11 is 12.3. The Hall–Kier alpha value is -2.75. The van der Waals surface area contributed by atoms with Gasteiger partial charge in [0, 0.05) is 43.0 Å². The van der Waals surface area contributed by atoms with Crippen LogP contribution in [0.5, 0.6) is 5.75 Å². The van der Waals surface area contributed by atoms with Gasteiger partial charge >= 0.3 is 6.18 Å². The lowest BCUT2D eigenvalue weighted by Crippen LogP contribution is -2.54. The minimum Gasteiger partial charge on any atom is -0.495 e. The molecule has 1 aliphatic rings. The van der Waals surface area contributed by atoms with Crippen LogP contribution in [0.2, 0.25) is 10.0 Å². The zero-order chi connectivity index (χ0) is 25.3. The van der Waals surface area contributed by atoms with E-state index in [1.54, 1.807) is 41.3 Å². The molecule has 0 N–H and O–H groups in total. The maximum absolute atomic E-state index is 14.1. The highest BCUT2D eigenvalue weighted by molar-refractivity contribution is 6.34. The van der Waals surface area contributed by atoms with Gasteiger partial charge in [0.05, 0.1) is 17.2 Å². The maximum atomic E-state index is 14.1. The Bertz CT molecular complexity index is 1200. The summed E-state index contributed by atoms with van der Waals surface area (Å²) < 4.78 is 48.2. The second kappa shape index (κ2) is 10.1. The predicted molar refractivity (Wildman–Crippen MR) is 129 cm³/mol. The molecule has 2 unspecified atom stereocenters. The molecule has 0 radical (unpaired) electrons. The highest BCUT2D eigenvalue weighted by Crippen LogP contribution is 2.42. The fourth-order valence-corrected chi connectivity index (χ4v) is 4.90. The van der Waals surface area contributed by atoms with Gasteiger partial charge in [-0.05, 0) is 19.1 Å². The molecule has 0 aliphatic carbocycles. The van der Waals surface area contributed by atoms with E-state index in [9.17, 15) is 18.0 Å². The number of anilines is 1. The number of hydrogen-bond acceptors (Lipinski definition) is 5. The Morgan fingerprint density at radius 1 is 1.14 bits per heavy atom. The van der Waals surface area contributed by atoms with Gasteiger partial charge in [-0.3, -0.25) is 9.69 Å². The Labute approximate surface area is 210 Å². The first kappa shape index (κ1) is 25.3. The number of alkyl halides is 3. The largest absolute Gasteiger partial charge is 0.495 e. The highest BCUT2D eigenvalue weighted by atomic mass is 35.5. The first-order valence-corrected chi connectivity index (χ1v) is 11.6. The number of piperazine rings is 1. The number of aromatic nitrogens is 2. The van der Waals surface area contributed by atoms with Crippen molar-refractivity contribution in [3.8, 4) is 17.0 Å². The lowest BCUT2D eigenvalue weighted by atomic mass is 10.1. The van der Waals surface area contributed by atoms with E-state index in [1.165, 1.54) is 7.11 Å². The van der Waals surface area contributed by atoms with Gasteiger partial charge in [0.15, 0.2) is 18.1 Å². The number of carbonyl (C=O) groups excluding carboxylic acids is 1. The van der Waals surface area contributed by atoms with Crippen molar-refractivity contribution in [2.45, 2.75) is 25.3 Å². The topological polar surface area (TPSA) is 50.6 Å². The summed E-state index contributed by atoms with van der Waals surface area (Å²) in [6.07, 6.45) is -5.60. The maximum Gasteiger partial charge on any atom is 0.434 e. The minimum atomic E-state index is -4.80. The van der Waals surface area contributed by atoms with Crippen LogP contribution in [0.15, 0.2) is 48.5 Å². The van der Waals surface area contributed by atoms with E-state index in [0.29, 0.717) is 46.9 Å². The van der Waals surface area contributed by atoms with E-state index < -0.39 is 23.1 Å². The van der Waals surface area contributed by atoms with Crippen molar-refractivity contribution in [3.05, 3.63) is 64.3 Å². The molecule has 186 valence electrons. The van der Waals surface area contributed by atoms with Crippen LogP contribution in [-0.2, 0) is 11.0 Å². The Morgan fingerprint density at radius 2 is 1.86 bits per heavy atom.